The number of nitrogens with zero attached hydrogens (tertiary/aromatic N) is 3. The topological polar surface area (TPSA) is 81.7 Å². The number of benzene rings is 1. The van der Waals surface area contributed by atoms with Crippen LogP contribution in [0.3, 0.4) is 0 Å². The molecule has 0 bridgehead atoms. The van der Waals surface area contributed by atoms with Gasteiger partial charge in [-0.05, 0) is 25.0 Å². The number of ether oxygens (including phenoxy) is 1. The third-order valence-electron chi connectivity index (χ3n) is 5.91. The van der Waals surface area contributed by atoms with Crippen molar-refractivity contribution in [1.29, 1.82) is 0 Å². The molecular weight excluding hydrogens is 412 g/mol. The van der Waals surface area contributed by atoms with Crippen LogP contribution in [0.25, 0.3) is 10.2 Å². The Morgan fingerprint density at radius 2 is 2.00 bits per heavy atom. The molecule has 4 rings (SSSR count). The Kier molecular flexibility index (Phi) is 7.14. The molecule has 1 aliphatic rings. The van der Waals surface area contributed by atoms with Gasteiger partial charge in [-0.15, -0.1) is 11.3 Å². The average molecular weight is 443 g/mol. The summed E-state index contributed by atoms with van der Waals surface area (Å²) in [5.74, 6) is 0.640. The predicted molar refractivity (Wildman–Crippen MR) is 124 cm³/mol. The highest BCUT2D eigenvalue weighted by atomic mass is 32.1. The Balaban J connectivity index is 1.52. The Morgan fingerprint density at radius 3 is 2.74 bits per heavy atom. The van der Waals surface area contributed by atoms with E-state index in [1.165, 1.54) is 0 Å². The zero-order valence-corrected chi connectivity index (χ0v) is 19.0. The van der Waals surface area contributed by atoms with Gasteiger partial charge in [-0.1, -0.05) is 30.3 Å². The van der Waals surface area contributed by atoms with Crippen molar-refractivity contribution in [2.45, 2.75) is 26.5 Å². The molecule has 0 radical (unpaired) electrons. The Morgan fingerprint density at radius 1 is 1.26 bits per heavy atom. The summed E-state index contributed by atoms with van der Waals surface area (Å²) in [4.78, 5) is 26.8. The molecule has 1 fully saturated rings. The highest BCUT2D eigenvalue weighted by molar-refractivity contribution is 7.18. The summed E-state index contributed by atoms with van der Waals surface area (Å²) >= 11 is 1.56. The van der Waals surface area contributed by atoms with E-state index in [4.69, 9.17) is 9.72 Å². The van der Waals surface area contributed by atoms with E-state index in [0.717, 1.165) is 60.2 Å². The summed E-state index contributed by atoms with van der Waals surface area (Å²) in [5.41, 5.74) is 1.81. The molecule has 1 unspecified atom stereocenters. The van der Waals surface area contributed by atoms with Crippen molar-refractivity contribution in [3.05, 3.63) is 62.5 Å². The zero-order valence-electron chi connectivity index (χ0n) is 18.1. The first-order chi connectivity index (χ1) is 15.0. The first kappa shape index (κ1) is 22.1. The fourth-order valence-corrected chi connectivity index (χ4v) is 5.00. The van der Waals surface area contributed by atoms with Crippen molar-refractivity contribution in [1.82, 2.24) is 19.8 Å². The lowest BCUT2D eigenvalue weighted by Crippen LogP contribution is -2.42. The Hall–Kier alpha value is -2.10. The summed E-state index contributed by atoms with van der Waals surface area (Å²) in [7, 11) is 0. The van der Waals surface area contributed by atoms with E-state index in [2.05, 4.69) is 14.8 Å². The maximum Gasteiger partial charge on any atom is 0.259 e. The molecule has 0 saturated carbocycles. The number of fused-ring (bicyclic) bond motifs is 1. The molecule has 1 atom stereocenters. The molecular formula is C23H30N4O3S. The Labute approximate surface area is 186 Å². The molecule has 8 heteroatoms. The molecule has 3 aromatic rings. The molecule has 2 N–H and O–H groups in total. The maximum absolute atomic E-state index is 12.7. The highest BCUT2D eigenvalue weighted by Crippen LogP contribution is 2.26. The fraction of sp³-hybridized carbons (Fsp3) is 0.478. The molecule has 2 aromatic heterocycles. The smallest absolute Gasteiger partial charge is 0.259 e. The predicted octanol–water partition coefficient (Wildman–Crippen LogP) is 2.47. The second kappa shape index (κ2) is 10.0. The van der Waals surface area contributed by atoms with Crippen molar-refractivity contribution in [3.8, 4) is 0 Å². The lowest BCUT2D eigenvalue weighted by molar-refractivity contribution is 0.0288. The summed E-state index contributed by atoms with van der Waals surface area (Å²) in [6.07, 6.45) is -0.604. The molecule has 7 nitrogen and oxygen atoms in total. The minimum atomic E-state index is -0.604. The van der Waals surface area contributed by atoms with E-state index in [-0.39, 0.29) is 5.56 Å². The second-order valence-electron chi connectivity index (χ2n) is 8.09. The van der Waals surface area contributed by atoms with Crippen LogP contribution >= 0.6 is 11.3 Å². The number of hydrogen-bond acceptors (Lipinski definition) is 7. The number of aromatic nitrogens is 2. The summed E-state index contributed by atoms with van der Waals surface area (Å²) < 4.78 is 5.45. The number of aromatic amines is 1. The van der Waals surface area contributed by atoms with Gasteiger partial charge in [0.2, 0.25) is 0 Å². The minimum Gasteiger partial charge on any atom is -0.387 e. The molecule has 1 aliphatic heterocycles. The average Bonchev–Trinajstić information content (AvgIpc) is 3.07. The lowest BCUT2D eigenvalue weighted by atomic mass is 10.1. The third kappa shape index (κ3) is 5.39. The van der Waals surface area contributed by atoms with Crippen LogP contribution < -0.4 is 5.56 Å². The van der Waals surface area contributed by atoms with E-state index in [1.807, 2.05) is 44.2 Å². The first-order valence-corrected chi connectivity index (χ1v) is 11.6. The largest absolute Gasteiger partial charge is 0.387 e. The van der Waals surface area contributed by atoms with Crippen LogP contribution in [0, 0.1) is 13.8 Å². The number of nitrogens with one attached hydrogen (secondary N) is 1. The van der Waals surface area contributed by atoms with Crippen molar-refractivity contribution in [2.24, 2.45) is 0 Å². The van der Waals surface area contributed by atoms with E-state index in [0.29, 0.717) is 24.3 Å². The standard InChI is InChI=1S/C23H30N4O3S/c1-16-17(2)31-23-21(16)22(29)24-20(25-23)15-27(9-8-26-10-12-30-13-11-26)14-19(28)18-6-4-3-5-7-18/h3-7,19,28H,8-15H2,1-2H3,(H,24,25,29). The quantitative estimate of drug-likeness (QED) is 0.558. The number of aliphatic hydroxyl groups is 1. The number of H-pyrrole nitrogens is 1. The second-order valence-corrected chi connectivity index (χ2v) is 9.29. The maximum atomic E-state index is 12.7. The van der Waals surface area contributed by atoms with Crippen LogP contribution in [0.15, 0.2) is 35.1 Å². The molecule has 166 valence electrons. The van der Waals surface area contributed by atoms with Crippen LogP contribution in [0.1, 0.15) is 27.9 Å². The molecule has 1 saturated heterocycles. The number of morpholine rings is 1. The van der Waals surface area contributed by atoms with E-state index in [9.17, 15) is 9.90 Å². The first-order valence-electron chi connectivity index (χ1n) is 10.8. The van der Waals surface area contributed by atoms with Crippen LogP contribution in [0.2, 0.25) is 0 Å². The molecule has 1 aromatic carbocycles. The number of hydrogen-bond donors (Lipinski definition) is 2. The van der Waals surface area contributed by atoms with Crippen LogP contribution in [0.5, 0.6) is 0 Å². The number of aliphatic hydroxyl groups excluding tert-OH is 1. The fourth-order valence-electron chi connectivity index (χ4n) is 3.95. The molecule has 0 amide bonds. The van der Waals surface area contributed by atoms with Gasteiger partial charge in [-0.2, -0.15) is 0 Å². The summed E-state index contributed by atoms with van der Waals surface area (Å²) in [6, 6.07) is 9.69. The van der Waals surface area contributed by atoms with E-state index in [1.54, 1.807) is 11.3 Å². The SMILES string of the molecule is Cc1sc2nc(CN(CCN3CCOCC3)CC(O)c3ccccc3)[nH]c(=O)c2c1C. The molecule has 31 heavy (non-hydrogen) atoms. The van der Waals surface area contributed by atoms with Crippen molar-refractivity contribution in [2.75, 3.05) is 45.9 Å². The van der Waals surface area contributed by atoms with Crippen molar-refractivity contribution in [3.63, 3.8) is 0 Å². The molecule has 0 aliphatic carbocycles. The van der Waals surface area contributed by atoms with Crippen LogP contribution in [-0.4, -0.2) is 70.8 Å². The van der Waals surface area contributed by atoms with Gasteiger partial charge in [0.05, 0.1) is 31.2 Å². The zero-order chi connectivity index (χ0) is 21.8. The van der Waals surface area contributed by atoms with Crippen LogP contribution in [0.4, 0.5) is 0 Å². The third-order valence-corrected chi connectivity index (χ3v) is 7.01. The number of thiophene rings is 1. The highest BCUT2D eigenvalue weighted by Gasteiger charge is 2.19. The van der Waals surface area contributed by atoms with Gasteiger partial charge in [0, 0.05) is 37.6 Å². The Bertz CT molecular complexity index is 1060. The van der Waals surface area contributed by atoms with Gasteiger partial charge in [-0.25, -0.2) is 4.98 Å². The van der Waals surface area contributed by atoms with Crippen LogP contribution in [-0.2, 0) is 11.3 Å². The number of rotatable bonds is 8. The number of aryl methyl sites for hydroxylation is 2. The monoisotopic (exact) mass is 442 g/mol. The normalized spacial score (nSPS) is 16.3. The van der Waals surface area contributed by atoms with Crippen molar-refractivity contribution < 1.29 is 9.84 Å². The van der Waals surface area contributed by atoms with E-state index >= 15 is 0 Å². The van der Waals surface area contributed by atoms with Gasteiger partial charge in [0.1, 0.15) is 10.7 Å². The van der Waals surface area contributed by atoms with Gasteiger partial charge in [0.25, 0.3) is 5.56 Å². The van der Waals surface area contributed by atoms with Gasteiger partial charge >= 0.3 is 0 Å². The summed E-state index contributed by atoms with van der Waals surface area (Å²) in [5, 5.41) is 11.5. The van der Waals surface area contributed by atoms with E-state index < -0.39 is 6.10 Å². The molecule has 3 heterocycles. The lowest BCUT2D eigenvalue weighted by Gasteiger charge is -2.30. The minimum absolute atomic E-state index is 0.0846. The van der Waals surface area contributed by atoms with Gasteiger partial charge in [0.15, 0.2) is 0 Å². The van der Waals surface area contributed by atoms with Crippen molar-refractivity contribution >= 4 is 21.6 Å². The van der Waals surface area contributed by atoms with Gasteiger partial charge in [-0.3, -0.25) is 14.6 Å². The van der Waals surface area contributed by atoms with Gasteiger partial charge < -0.3 is 14.8 Å². The molecule has 0 spiro atoms. The summed E-state index contributed by atoms with van der Waals surface area (Å²) in [6.45, 7) is 9.95.